The summed E-state index contributed by atoms with van der Waals surface area (Å²) in [4.78, 5) is 1.31. The van der Waals surface area contributed by atoms with Crippen LogP contribution < -0.4 is 6.15 Å². The Morgan fingerprint density at radius 2 is 1.37 bits per heavy atom. The number of hydrogen-bond acceptors (Lipinski definition) is 1. The Morgan fingerprint density at radius 3 is 1.74 bits per heavy atom. The molecule has 0 fully saturated rings. The van der Waals surface area contributed by atoms with Gasteiger partial charge in [0.15, 0.2) is 0 Å². The van der Waals surface area contributed by atoms with Gasteiger partial charge in [0.1, 0.15) is 0 Å². The van der Waals surface area contributed by atoms with Crippen LogP contribution in [0.25, 0.3) is 6.08 Å². The van der Waals surface area contributed by atoms with Crippen LogP contribution in [0.2, 0.25) is 10.8 Å². The number of benzene rings is 2. The van der Waals surface area contributed by atoms with Crippen molar-refractivity contribution in [2.75, 3.05) is 0 Å². The molecular formula is C17H24NPd. The van der Waals surface area contributed by atoms with E-state index < -0.39 is 0 Å². The predicted octanol–water partition coefficient (Wildman–Crippen LogP) is 5.39. The van der Waals surface area contributed by atoms with Crippen LogP contribution in [0.4, 0.5) is 0 Å². The second kappa shape index (κ2) is 10.7. The predicted molar refractivity (Wildman–Crippen MR) is 83.4 cm³/mol. The topological polar surface area (TPSA) is 35.0 Å². The van der Waals surface area contributed by atoms with Crippen LogP contribution in [0, 0.1) is 0 Å². The molecule has 1 nitrogen and oxygen atoms in total. The van der Waals surface area contributed by atoms with Crippen LogP contribution in [0.1, 0.15) is 11.1 Å². The molecule has 0 aliphatic heterocycles. The van der Waals surface area contributed by atoms with Gasteiger partial charge in [-0.3, -0.25) is 0 Å². The third kappa shape index (κ3) is 8.51. The summed E-state index contributed by atoms with van der Waals surface area (Å²) in [6.45, 7) is 3.63. The van der Waals surface area contributed by atoms with E-state index >= 15 is 0 Å². The first-order valence-corrected chi connectivity index (χ1v) is 9.94. The summed E-state index contributed by atoms with van der Waals surface area (Å²) in [5.74, 6) is 0. The third-order valence-electron chi connectivity index (χ3n) is 2.23. The van der Waals surface area contributed by atoms with Gasteiger partial charge in [-0.2, -0.15) is 0 Å². The molecule has 2 aromatic carbocycles. The Hall–Kier alpha value is -1.20. The first-order valence-electron chi connectivity index (χ1n) is 5.73. The summed E-state index contributed by atoms with van der Waals surface area (Å²) in [7, 11) is 0. The van der Waals surface area contributed by atoms with Crippen molar-refractivity contribution < 1.29 is 16.8 Å². The maximum absolute atomic E-state index is 3.63. The normalized spacial score (nSPS) is 9.47. The molecule has 0 saturated carbocycles. The molecule has 0 aliphatic rings. The second-order valence-electron chi connectivity index (χ2n) is 3.98. The van der Waals surface area contributed by atoms with E-state index in [1.54, 1.807) is 0 Å². The second-order valence-corrected chi connectivity index (χ2v) is 8.28. The molecule has 2 heteroatoms. The average Bonchev–Trinajstić information content (AvgIpc) is 2.41. The first kappa shape index (κ1) is 17.8. The van der Waals surface area contributed by atoms with Gasteiger partial charge >= 0.3 is 68.3 Å². The van der Waals surface area contributed by atoms with E-state index in [4.69, 9.17) is 0 Å². The van der Waals surface area contributed by atoms with Crippen LogP contribution in [-0.2, 0) is 21.7 Å². The van der Waals surface area contributed by atoms with Gasteiger partial charge in [0.2, 0.25) is 0 Å². The van der Waals surface area contributed by atoms with Crippen LogP contribution >= 0.6 is 0 Å². The molecular weight excluding hydrogens is 325 g/mol. The fraction of sp³-hybridized carbons (Fsp3) is 0.176. The third-order valence-corrected chi connectivity index (χ3v) is 3.96. The zero-order valence-corrected chi connectivity index (χ0v) is 13.3. The van der Waals surface area contributed by atoms with E-state index in [9.17, 15) is 0 Å². The average molecular weight is 349 g/mol. The minimum atomic E-state index is -0.211. The van der Waals surface area contributed by atoms with Gasteiger partial charge in [-0.15, -0.1) is 0 Å². The summed E-state index contributed by atoms with van der Waals surface area (Å²) in [5.41, 5.74) is 2.67. The SMILES string of the molecule is C=Cc1ccccc1.N.[CH3][Pd]([CH3])[CH2]c1ccccc1. The van der Waals surface area contributed by atoms with Crippen LogP contribution in [-0.4, -0.2) is 0 Å². The van der Waals surface area contributed by atoms with E-state index in [1.165, 1.54) is 16.0 Å². The molecule has 0 unspecified atom stereocenters. The van der Waals surface area contributed by atoms with Gasteiger partial charge < -0.3 is 6.15 Å². The van der Waals surface area contributed by atoms with Crippen molar-refractivity contribution in [3.8, 4) is 0 Å². The molecule has 0 aromatic heterocycles. The molecule has 0 heterocycles. The van der Waals surface area contributed by atoms with Crippen molar-refractivity contribution in [2.24, 2.45) is 0 Å². The molecule has 19 heavy (non-hydrogen) atoms. The van der Waals surface area contributed by atoms with Gasteiger partial charge in [0.05, 0.1) is 0 Å². The van der Waals surface area contributed by atoms with Crippen LogP contribution in [0.15, 0.2) is 67.2 Å². The van der Waals surface area contributed by atoms with Gasteiger partial charge in [-0.1, -0.05) is 43.0 Å². The summed E-state index contributed by atoms with van der Waals surface area (Å²) in [6.07, 6.45) is 1.83. The molecule has 107 valence electrons. The van der Waals surface area contributed by atoms with E-state index in [-0.39, 0.29) is 22.9 Å². The standard InChI is InChI=1S/C8H8.C7H7.2CH3.H3N.Pd/c1-2-8-6-4-3-5-7-8;1-7-5-3-2-4-6-7;;;;/h2-7H,1H2;2-6H,1H2;3*1H3;. The van der Waals surface area contributed by atoms with Crippen LogP contribution in [0.3, 0.4) is 0 Å². The molecule has 0 atom stereocenters. The molecule has 0 bridgehead atoms. The Bertz CT molecular complexity index is 437. The zero-order valence-electron chi connectivity index (χ0n) is 11.8. The Kier molecular flexibility index (Phi) is 10.0. The molecule has 0 saturated heterocycles. The molecule has 0 radical (unpaired) electrons. The van der Waals surface area contributed by atoms with Crippen molar-refractivity contribution in [1.82, 2.24) is 6.15 Å². The fourth-order valence-corrected chi connectivity index (χ4v) is 3.04. The van der Waals surface area contributed by atoms with Gasteiger partial charge in [0, 0.05) is 0 Å². The quantitative estimate of drug-likeness (QED) is 0.741. The Balaban J connectivity index is 0.000000331. The number of hydrogen-bond donors (Lipinski definition) is 1. The van der Waals surface area contributed by atoms with E-state index in [2.05, 4.69) is 47.7 Å². The van der Waals surface area contributed by atoms with Crippen LogP contribution in [0.5, 0.6) is 0 Å². The fourth-order valence-electron chi connectivity index (χ4n) is 1.40. The van der Waals surface area contributed by atoms with Crippen molar-refractivity contribution in [3.05, 3.63) is 78.4 Å². The van der Waals surface area contributed by atoms with E-state index in [0.717, 1.165) is 0 Å². The van der Waals surface area contributed by atoms with Crippen molar-refractivity contribution in [3.63, 3.8) is 0 Å². The van der Waals surface area contributed by atoms with Gasteiger partial charge in [-0.25, -0.2) is 0 Å². The zero-order chi connectivity index (χ0) is 13.2. The summed E-state index contributed by atoms with van der Waals surface area (Å²) in [6, 6.07) is 20.7. The molecule has 0 aliphatic carbocycles. The van der Waals surface area contributed by atoms with Crippen molar-refractivity contribution in [1.29, 1.82) is 0 Å². The van der Waals surface area contributed by atoms with Gasteiger partial charge in [0.25, 0.3) is 0 Å². The molecule has 0 amide bonds. The van der Waals surface area contributed by atoms with E-state index in [0.29, 0.717) is 0 Å². The monoisotopic (exact) mass is 348 g/mol. The van der Waals surface area contributed by atoms with Crippen molar-refractivity contribution >= 4 is 6.08 Å². The van der Waals surface area contributed by atoms with E-state index in [1.807, 2.05) is 36.4 Å². The number of rotatable bonds is 3. The molecule has 2 aromatic rings. The van der Waals surface area contributed by atoms with Crippen molar-refractivity contribution in [2.45, 2.75) is 15.7 Å². The first-order chi connectivity index (χ1) is 8.72. The summed E-state index contributed by atoms with van der Waals surface area (Å²) in [5, 5.41) is 4.72. The Morgan fingerprint density at radius 1 is 0.895 bits per heavy atom. The van der Waals surface area contributed by atoms with Gasteiger partial charge in [-0.05, 0) is 5.56 Å². The summed E-state index contributed by atoms with van der Waals surface area (Å²) >= 11 is -0.211. The summed E-state index contributed by atoms with van der Waals surface area (Å²) < 4.78 is 0. The maximum atomic E-state index is 3.63. The minimum absolute atomic E-state index is 0. The molecule has 0 spiro atoms. The molecule has 3 N–H and O–H groups in total. The Labute approximate surface area is 123 Å². The molecule has 2 rings (SSSR count).